The Morgan fingerprint density at radius 1 is 1.04 bits per heavy atom. The van der Waals surface area contributed by atoms with Crippen LogP contribution in [-0.2, 0) is 4.79 Å². The van der Waals surface area contributed by atoms with Crippen LogP contribution in [0.5, 0.6) is 0 Å². The number of β-amino-alcohol motifs (C(OH)–C–C–N with tert-alkyl or cyclic N) is 1. The van der Waals surface area contributed by atoms with Crippen LogP contribution >= 0.6 is 0 Å². The number of aliphatic hydroxyl groups excluding tert-OH is 1. The second kappa shape index (κ2) is 8.89. The zero-order valence-corrected chi connectivity index (χ0v) is 14.6. The molecule has 0 spiro atoms. The number of rotatable bonds is 6. The van der Waals surface area contributed by atoms with Crippen molar-refractivity contribution in [2.45, 2.75) is 6.04 Å². The van der Waals surface area contributed by atoms with Gasteiger partial charge in [0.15, 0.2) is 0 Å². The fourth-order valence-corrected chi connectivity index (χ4v) is 3.29. The summed E-state index contributed by atoms with van der Waals surface area (Å²) in [7, 11) is 0. The molecule has 3 rings (SSSR count). The van der Waals surface area contributed by atoms with E-state index in [-0.39, 0.29) is 18.3 Å². The molecule has 0 aromatic heterocycles. The van der Waals surface area contributed by atoms with E-state index in [1.54, 1.807) is 12.1 Å². The van der Waals surface area contributed by atoms with Gasteiger partial charge in [-0.25, -0.2) is 4.39 Å². The molecule has 1 heterocycles. The monoisotopic (exact) mass is 357 g/mol. The van der Waals surface area contributed by atoms with Gasteiger partial charge in [-0.2, -0.15) is 0 Å². The van der Waals surface area contributed by atoms with Crippen LogP contribution in [0.2, 0.25) is 0 Å². The average Bonchev–Trinajstić information content (AvgIpc) is 2.66. The average molecular weight is 357 g/mol. The number of halogens is 1. The number of hydrogen-bond acceptors (Lipinski definition) is 4. The first-order valence-corrected chi connectivity index (χ1v) is 8.86. The number of carbonyl (C=O) groups is 1. The van der Waals surface area contributed by atoms with Gasteiger partial charge in [-0.1, -0.05) is 30.3 Å². The third-order valence-electron chi connectivity index (χ3n) is 4.66. The molecule has 0 saturated carbocycles. The van der Waals surface area contributed by atoms with Crippen LogP contribution in [0.3, 0.4) is 0 Å². The van der Waals surface area contributed by atoms with E-state index in [4.69, 9.17) is 5.11 Å². The van der Waals surface area contributed by atoms with Gasteiger partial charge in [0.25, 0.3) is 0 Å². The van der Waals surface area contributed by atoms with E-state index in [1.807, 2.05) is 30.3 Å². The van der Waals surface area contributed by atoms with Crippen LogP contribution in [0.4, 0.5) is 10.1 Å². The van der Waals surface area contributed by atoms with Crippen molar-refractivity contribution in [3.63, 3.8) is 0 Å². The molecule has 2 aromatic carbocycles. The number of anilines is 1. The van der Waals surface area contributed by atoms with Gasteiger partial charge in [-0.3, -0.25) is 14.6 Å². The van der Waals surface area contributed by atoms with E-state index in [2.05, 4.69) is 15.1 Å². The van der Waals surface area contributed by atoms with Gasteiger partial charge in [0.1, 0.15) is 11.9 Å². The maximum Gasteiger partial charge on any atom is 0.246 e. The lowest BCUT2D eigenvalue weighted by molar-refractivity contribution is -0.122. The minimum atomic E-state index is -0.405. The normalized spacial score (nSPS) is 17.0. The summed E-state index contributed by atoms with van der Waals surface area (Å²) in [6, 6.07) is 15.1. The van der Waals surface area contributed by atoms with Crippen molar-refractivity contribution in [1.82, 2.24) is 9.80 Å². The zero-order valence-electron chi connectivity index (χ0n) is 14.6. The van der Waals surface area contributed by atoms with E-state index < -0.39 is 6.04 Å². The highest BCUT2D eigenvalue weighted by Crippen LogP contribution is 2.24. The largest absolute Gasteiger partial charge is 0.395 e. The fourth-order valence-electron chi connectivity index (χ4n) is 3.29. The molecule has 26 heavy (non-hydrogen) atoms. The third kappa shape index (κ3) is 4.66. The molecule has 1 aliphatic heterocycles. The molecule has 2 aromatic rings. The number of nitrogens with zero attached hydrogens (tertiary/aromatic N) is 2. The lowest BCUT2D eigenvalue weighted by atomic mass is 10.0. The Labute approximate surface area is 153 Å². The first-order chi connectivity index (χ1) is 12.7. The van der Waals surface area contributed by atoms with E-state index in [1.165, 1.54) is 12.1 Å². The topological polar surface area (TPSA) is 55.8 Å². The molecule has 0 aliphatic carbocycles. The van der Waals surface area contributed by atoms with E-state index in [0.29, 0.717) is 12.2 Å². The molecule has 0 radical (unpaired) electrons. The van der Waals surface area contributed by atoms with Gasteiger partial charge >= 0.3 is 0 Å². The van der Waals surface area contributed by atoms with Gasteiger partial charge in [0.2, 0.25) is 5.91 Å². The molecule has 5 nitrogen and oxygen atoms in total. The van der Waals surface area contributed by atoms with Crippen molar-refractivity contribution < 1.29 is 14.3 Å². The smallest absolute Gasteiger partial charge is 0.246 e. The maximum absolute atomic E-state index is 13.1. The molecule has 138 valence electrons. The Bertz CT molecular complexity index is 701. The number of amides is 1. The second-order valence-electron chi connectivity index (χ2n) is 6.41. The SMILES string of the molecule is O=C(Nc1ccc(F)cc1)C(c1ccccc1)N1CCN(CCO)CC1. The Morgan fingerprint density at radius 3 is 2.31 bits per heavy atom. The van der Waals surface area contributed by atoms with Crippen LogP contribution in [0.25, 0.3) is 0 Å². The Kier molecular flexibility index (Phi) is 6.33. The third-order valence-corrected chi connectivity index (χ3v) is 4.66. The van der Waals surface area contributed by atoms with E-state index in [9.17, 15) is 9.18 Å². The predicted molar refractivity (Wildman–Crippen MR) is 99.3 cm³/mol. The Morgan fingerprint density at radius 2 is 1.69 bits per heavy atom. The van der Waals surface area contributed by atoms with Crippen LogP contribution in [0.1, 0.15) is 11.6 Å². The van der Waals surface area contributed by atoms with Crippen LogP contribution in [0, 0.1) is 5.82 Å². The molecular weight excluding hydrogens is 333 g/mol. The molecule has 2 N–H and O–H groups in total. The van der Waals surface area contributed by atoms with Crippen LogP contribution < -0.4 is 5.32 Å². The molecule has 1 saturated heterocycles. The van der Waals surface area contributed by atoms with E-state index in [0.717, 1.165) is 31.7 Å². The fraction of sp³-hybridized carbons (Fsp3) is 0.350. The highest BCUT2D eigenvalue weighted by atomic mass is 19.1. The number of benzene rings is 2. The lowest BCUT2D eigenvalue weighted by Crippen LogP contribution is -2.50. The van der Waals surface area contributed by atoms with Crippen LogP contribution in [0.15, 0.2) is 54.6 Å². The number of piperazine rings is 1. The molecule has 0 bridgehead atoms. The first kappa shape index (κ1) is 18.5. The van der Waals surface area contributed by atoms with Crippen molar-refractivity contribution in [2.24, 2.45) is 0 Å². The van der Waals surface area contributed by atoms with Gasteiger partial charge in [0.05, 0.1) is 6.61 Å². The Balaban J connectivity index is 1.75. The summed E-state index contributed by atoms with van der Waals surface area (Å²) in [6.45, 7) is 3.92. The quantitative estimate of drug-likeness (QED) is 0.832. The first-order valence-electron chi connectivity index (χ1n) is 8.86. The minimum Gasteiger partial charge on any atom is -0.395 e. The van der Waals surface area contributed by atoms with Crippen molar-refractivity contribution in [2.75, 3.05) is 44.6 Å². The zero-order chi connectivity index (χ0) is 18.4. The number of nitrogens with one attached hydrogen (secondary N) is 1. The summed E-state index contributed by atoms with van der Waals surface area (Å²) >= 11 is 0. The van der Waals surface area contributed by atoms with Crippen molar-refractivity contribution in [1.29, 1.82) is 0 Å². The highest BCUT2D eigenvalue weighted by Gasteiger charge is 2.30. The van der Waals surface area contributed by atoms with Gasteiger partial charge in [0, 0.05) is 38.4 Å². The molecular formula is C20H24FN3O2. The van der Waals surface area contributed by atoms with Crippen molar-refractivity contribution in [3.05, 3.63) is 66.0 Å². The summed E-state index contributed by atoms with van der Waals surface area (Å²) in [4.78, 5) is 17.4. The molecule has 1 amide bonds. The summed E-state index contributed by atoms with van der Waals surface area (Å²) in [5.74, 6) is -0.457. The van der Waals surface area contributed by atoms with Gasteiger partial charge in [-0.15, -0.1) is 0 Å². The maximum atomic E-state index is 13.1. The van der Waals surface area contributed by atoms with E-state index >= 15 is 0 Å². The standard InChI is InChI=1S/C20H24FN3O2/c21-17-6-8-18(9-7-17)22-20(26)19(16-4-2-1-3-5-16)24-12-10-23(11-13-24)14-15-25/h1-9,19,25H,10-15H2,(H,22,26). The Hall–Kier alpha value is -2.28. The highest BCUT2D eigenvalue weighted by molar-refractivity contribution is 5.95. The number of aliphatic hydroxyl groups is 1. The molecule has 1 unspecified atom stereocenters. The molecule has 6 heteroatoms. The number of carbonyl (C=O) groups excluding carboxylic acids is 1. The van der Waals surface area contributed by atoms with Gasteiger partial charge < -0.3 is 10.4 Å². The molecule has 1 atom stereocenters. The van der Waals surface area contributed by atoms with Gasteiger partial charge in [-0.05, 0) is 29.8 Å². The summed E-state index contributed by atoms with van der Waals surface area (Å²) in [6.07, 6.45) is 0. The second-order valence-corrected chi connectivity index (χ2v) is 6.41. The lowest BCUT2D eigenvalue weighted by Gasteiger charge is -2.38. The van der Waals surface area contributed by atoms with Crippen molar-refractivity contribution in [3.8, 4) is 0 Å². The summed E-state index contributed by atoms with van der Waals surface area (Å²) < 4.78 is 13.1. The number of hydrogen-bond donors (Lipinski definition) is 2. The summed E-state index contributed by atoms with van der Waals surface area (Å²) in [5.41, 5.74) is 1.51. The minimum absolute atomic E-state index is 0.126. The molecule has 1 aliphatic rings. The van der Waals surface area contributed by atoms with Crippen LogP contribution in [-0.4, -0.2) is 60.1 Å². The van der Waals surface area contributed by atoms with Crippen molar-refractivity contribution >= 4 is 11.6 Å². The predicted octanol–water partition coefficient (Wildman–Crippen LogP) is 2.12. The molecule has 1 fully saturated rings. The summed E-state index contributed by atoms with van der Waals surface area (Å²) in [5, 5.41) is 12.0.